The second-order valence-corrected chi connectivity index (χ2v) is 20.2. The van der Waals surface area contributed by atoms with Gasteiger partial charge in [0.1, 0.15) is 12.1 Å². The summed E-state index contributed by atoms with van der Waals surface area (Å²) in [6, 6.07) is 5.94. The van der Waals surface area contributed by atoms with Crippen LogP contribution in [-0.2, 0) is 48.0 Å². The lowest BCUT2D eigenvalue weighted by atomic mass is 9.84. The third kappa shape index (κ3) is 13.5. The van der Waals surface area contributed by atoms with E-state index >= 15 is 0 Å². The third-order valence-electron chi connectivity index (χ3n) is 13.5. The van der Waals surface area contributed by atoms with Gasteiger partial charge in [-0.15, -0.1) is 11.3 Å². The lowest BCUT2D eigenvalue weighted by Gasteiger charge is -2.38. The van der Waals surface area contributed by atoms with Crippen LogP contribution in [0.2, 0.25) is 0 Å². The summed E-state index contributed by atoms with van der Waals surface area (Å²) in [6.45, 7) is 12.4. The van der Waals surface area contributed by atoms with E-state index in [0.717, 1.165) is 39.0 Å². The number of methoxy groups -OCH3 is 1. The Bertz CT molecular complexity index is 2510. The van der Waals surface area contributed by atoms with Crippen molar-refractivity contribution in [2.45, 2.75) is 129 Å². The van der Waals surface area contributed by atoms with Crippen LogP contribution >= 0.6 is 65.3 Å². The molecule has 2 fully saturated rings. The first-order valence-electron chi connectivity index (χ1n) is 23.2. The molecule has 3 amide bonds. The van der Waals surface area contributed by atoms with E-state index in [4.69, 9.17) is 19.4 Å². The average Bonchev–Trinajstić information content (AvgIpc) is 3.90. The lowest BCUT2D eigenvalue weighted by molar-refractivity contribution is -0.176. The quantitative estimate of drug-likeness (QED) is 0.156. The molecule has 0 radical (unpaired) electrons. The van der Waals surface area contributed by atoms with Crippen LogP contribution in [-0.4, -0.2) is 118 Å². The molecule has 6 bridgehead atoms. The van der Waals surface area contributed by atoms with Crippen molar-refractivity contribution in [2.75, 3.05) is 33.9 Å². The topological polar surface area (TPSA) is 165 Å². The molecule has 6 heterocycles. The van der Waals surface area contributed by atoms with Gasteiger partial charge in [0.2, 0.25) is 11.7 Å². The molecule has 3 aliphatic heterocycles. The zero-order valence-electron chi connectivity index (χ0n) is 41.5. The summed E-state index contributed by atoms with van der Waals surface area (Å²) in [7, 11) is 3.12. The van der Waals surface area contributed by atoms with Gasteiger partial charge in [-0.3, -0.25) is 29.5 Å². The highest BCUT2D eigenvalue weighted by atomic mass is 32.1. The number of thiazole rings is 1. The smallest absolute Gasteiger partial charge is 0.450 e. The van der Waals surface area contributed by atoms with Crippen molar-refractivity contribution in [3.63, 3.8) is 0 Å². The molecule has 1 unspecified atom stereocenters. The number of cyclic esters (lactones) is 1. The molecule has 5 atom stereocenters. The number of hydrogen-bond acceptors (Lipinski definition) is 11. The molecule has 22 heteroatoms. The average molecular weight is 1090 g/mol. The number of aromatic nitrogens is 3. The van der Waals surface area contributed by atoms with E-state index in [2.05, 4.69) is 54.2 Å². The monoisotopic (exact) mass is 1090 g/mol. The standard InChI is InChI=1S/C49H62F3N7O7S.4H2S/c1-9-59-38-16-15-30-22-32(38)33(42(59)31-12-11-19-53-40(31)28(4)65-8)24-48(5,6)26-66-46(63)35-14-10-13-34(54-35)43(60)36(23-39-55-37(30)25-67-39)56-45(62)41(27(2)3)57(7)47(64)58-20-17-29(18-21-58)44(61)49(50,51)52;;;;/h11-12,15-16,19,22,25,27-29,34-36,41,54H,9-10,13-14,17-18,20-21,23-24,26H2,1-8H3,(H,56,62);4*1H2/t28-,34?,35-,36-,41-;;;;/m0..../s1. The number of benzene rings is 1. The Hall–Kier alpha value is -3.80. The Morgan fingerprint density at radius 1 is 1.03 bits per heavy atom. The number of urea groups is 1. The predicted octanol–water partition coefficient (Wildman–Crippen LogP) is 8.16. The van der Waals surface area contributed by atoms with E-state index in [1.165, 1.54) is 28.2 Å². The van der Waals surface area contributed by atoms with Crippen molar-refractivity contribution in [1.82, 2.24) is 35.0 Å². The number of rotatable bonds is 9. The van der Waals surface area contributed by atoms with Gasteiger partial charge in [0.25, 0.3) is 0 Å². The number of carbonyl (C=O) groups excluding carboxylic acids is 5. The van der Waals surface area contributed by atoms with Gasteiger partial charge in [-0.1, -0.05) is 33.8 Å². The van der Waals surface area contributed by atoms with Gasteiger partial charge in [0, 0.05) is 85.2 Å². The number of alkyl halides is 3. The first-order chi connectivity index (χ1) is 31.7. The number of amides is 3. The van der Waals surface area contributed by atoms with E-state index in [1.54, 1.807) is 27.2 Å². The predicted molar refractivity (Wildman–Crippen MR) is 290 cm³/mol. The summed E-state index contributed by atoms with van der Waals surface area (Å²) >= 11 is 1.36. The molecule has 0 aliphatic carbocycles. The minimum atomic E-state index is -4.95. The van der Waals surface area contributed by atoms with Crippen LogP contribution in [0, 0.1) is 17.3 Å². The molecular weight excluding hydrogens is 1020 g/mol. The fourth-order valence-corrected chi connectivity index (χ4v) is 10.8. The molecule has 14 nitrogen and oxygen atoms in total. The van der Waals surface area contributed by atoms with Gasteiger partial charge in [-0.05, 0) is 88.1 Å². The summed E-state index contributed by atoms with van der Waals surface area (Å²) in [5.41, 5.74) is 5.87. The van der Waals surface area contributed by atoms with E-state index < -0.39 is 71.3 Å². The number of piperidine rings is 2. The number of likely N-dealkylation sites (tertiary alicyclic amines) is 1. The van der Waals surface area contributed by atoms with E-state index in [1.807, 2.05) is 24.4 Å². The van der Waals surface area contributed by atoms with E-state index in [9.17, 15) is 37.1 Å². The van der Waals surface area contributed by atoms with Crippen LogP contribution < -0.4 is 10.6 Å². The highest BCUT2D eigenvalue weighted by Crippen LogP contribution is 2.42. The van der Waals surface area contributed by atoms with Gasteiger partial charge in [-0.25, -0.2) is 9.78 Å². The molecule has 2 N–H and O–H groups in total. The first-order valence-corrected chi connectivity index (χ1v) is 24.1. The molecule has 71 heavy (non-hydrogen) atoms. The highest BCUT2D eigenvalue weighted by molar-refractivity contribution is 7.59. The molecule has 3 aromatic heterocycles. The molecule has 7 rings (SSSR count). The normalized spacial score (nSPS) is 20.5. The maximum atomic E-state index is 14.7. The number of Topliss-reactive ketones (excluding diaryl/α,β-unsaturated/α-hetero) is 2. The van der Waals surface area contributed by atoms with Crippen molar-refractivity contribution in [3.05, 3.63) is 58.2 Å². The minimum absolute atomic E-state index is 0. The third-order valence-corrected chi connectivity index (χ3v) is 14.4. The highest BCUT2D eigenvalue weighted by Gasteiger charge is 2.45. The molecule has 4 aromatic rings. The number of fused-ring (bicyclic) bond motifs is 6. The Labute approximate surface area is 446 Å². The molecule has 394 valence electrons. The fourth-order valence-electron chi connectivity index (χ4n) is 9.96. The van der Waals surface area contributed by atoms with Crippen LogP contribution in [0.4, 0.5) is 18.0 Å². The summed E-state index contributed by atoms with van der Waals surface area (Å²) < 4.78 is 53.6. The Morgan fingerprint density at radius 2 is 1.70 bits per heavy atom. The number of esters is 1. The SMILES string of the molecule is CCn1c(-c2cccnc2[C@H](C)OC)c2c3cc(ccc31)-c1csc(n1)C[C@H](NC(=O)[C@H](C(C)C)N(C)C(=O)N1CCC(C(=O)C(F)(F)F)CC1)C(=O)C1CCC[C@H](N1)C(=O)OCC(C)(C)C2.S.S.S.S. The van der Waals surface area contributed by atoms with Crippen molar-refractivity contribution in [3.8, 4) is 22.5 Å². The summed E-state index contributed by atoms with van der Waals surface area (Å²) in [5, 5.41) is 9.75. The lowest BCUT2D eigenvalue weighted by Crippen LogP contribution is -2.60. The van der Waals surface area contributed by atoms with Gasteiger partial charge in [-0.2, -0.15) is 67.2 Å². The van der Waals surface area contributed by atoms with Gasteiger partial charge < -0.3 is 29.2 Å². The summed E-state index contributed by atoms with van der Waals surface area (Å²) in [6.07, 6.45) is -1.74. The Morgan fingerprint density at radius 3 is 2.34 bits per heavy atom. The molecular formula is C49H70F3N7O7S5. The largest absolute Gasteiger partial charge is 0.464 e. The van der Waals surface area contributed by atoms with Crippen LogP contribution in [0.25, 0.3) is 33.4 Å². The van der Waals surface area contributed by atoms with Gasteiger partial charge >= 0.3 is 18.2 Å². The van der Waals surface area contributed by atoms with Crippen LogP contribution in [0.1, 0.15) is 96.0 Å². The van der Waals surface area contributed by atoms with Crippen LogP contribution in [0.3, 0.4) is 0 Å². The van der Waals surface area contributed by atoms with Crippen LogP contribution in [0.15, 0.2) is 41.9 Å². The molecule has 1 aromatic carbocycles. The Kier molecular flexibility index (Phi) is 22.0. The number of likely N-dealkylation sites (N-methyl/N-ethyl adjacent to an activating group) is 1. The number of carbonyl (C=O) groups is 5. The summed E-state index contributed by atoms with van der Waals surface area (Å²) in [5.74, 6) is -4.87. The van der Waals surface area contributed by atoms with Crippen LogP contribution in [0.5, 0.6) is 0 Å². The number of pyridine rings is 1. The fraction of sp³-hybridized carbons (Fsp3) is 0.571. The first kappa shape index (κ1) is 61.5. The molecule has 0 saturated carbocycles. The number of halogens is 3. The van der Waals surface area contributed by atoms with Crippen molar-refractivity contribution in [2.24, 2.45) is 17.3 Å². The maximum Gasteiger partial charge on any atom is 0.450 e. The number of hydrogen-bond donors (Lipinski definition) is 2. The number of aryl methyl sites for hydroxylation is 1. The van der Waals surface area contributed by atoms with E-state index in [-0.39, 0.29) is 105 Å². The molecule has 0 spiro atoms. The summed E-state index contributed by atoms with van der Waals surface area (Å²) in [4.78, 5) is 81.1. The van der Waals surface area contributed by atoms with Crippen molar-refractivity contribution < 1.29 is 46.6 Å². The zero-order valence-corrected chi connectivity index (χ0v) is 46.3. The van der Waals surface area contributed by atoms with Crippen molar-refractivity contribution in [1.29, 1.82) is 0 Å². The number of ketones is 2. The zero-order chi connectivity index (χ0) is 48.5. The Balaban J connectivity index is 0.00000333. The molecule has 2 saturated heterocycles. The molecule has 3 aliphatic rings. The van der Waals surface area contributed by atoms with Crippen molar-refractivity contribution >= 4 is 106 Å². The van der Waals surface area contributed by atoms with E-state index in [0.29, 0.717) is 42.9 Å². The number of nitrogens with zero attached hydrogens (tertiary/aromatic N) is 5. The van der Waals surface area contributed by atoms with Gasteiger partial charge in [0.15, 0.2) is 5.78 Å². The maximum absolute atomic E-state index is 14.7. The number of nitrogens with one attached hydrogen (secondary N) is 2. The second kappa shape index (κ2) is 25.4. The second-order valence-electron chi connectivity index (χ2n) is 19.3. The van der Waals surface area contributed by atoms with Gasteiger partial charge in [0.05, 0.1) is 46.9 Å². The minimum Gasteiger partial charge on any atom is -0.464 e. The number of ether oxygens (including phenoxy) is 2.